The molecule has 3 aromatic heterocycles. The van der Waals surface area contributed by atoms with Crippen LogP contribution >= 0.6 is 11.5 Å². The van der Waals surface area contributed by atoms with Gasteiger partial charge < -0.3 is 28.9 Å². The minimum absolute atomic E-state index is 0.282. The van der Waals surface area contributed by atoms with Crippen molar-refractivity contribution >= 4 is 34.5 Å². The van der Waals surface area contributed by atoms with E-state index in [2.05, 4.69) is 21.7 Å². The fourth-order valence-corrected chi connectivity index (χ4v) is 8.58. The molecule has 3 aliphatic heterocycles. The van der Waals surface area contributed by atoms with E-state index in [9.17, 15) is 9.90 Å². The zero-order valence-corrected chi connectivity index (χ0v) is 31.0. The van der Waals surface area contributed by atoms with Gasteiger partial charge in [-0.05, 0) is 102 Å². The number of fused-ring (bicyclic) bond motifs is 2. The topological polar surface area (TPSA) is 109 Å². The van der Waals surface area contributed by atoms with Crippen molar-refractivity contribution in [2.75, 3.05) is 57.8 Å². The third kappa shape index (κ3) is 6.49. The molecule has 1 N–H and O–H groups in total. The summed E-state index contributed by atoms with van der Waals surface area (Å²) in [5, 5.41) is 12.0. The average molecular weight is 706 g/mol. The highest BCUT2D eigenvalue weighted by molar-refractivity contribution is 7.09. The summed E-state index contributed by atoms with van der Waals surface area (Å²) in [6.07, 6.45) is 2.30. The van der Waals surface area contributed by atoms with E-state index >= 15 is 4.39 Å². The van der Waals surface area contributed by atoms with Gasteiger partial charge in [-0.3, -0.25) is 4.90 Å². The molecule has 1 aromatic carbocycles. The molecule has 0 saturated carbocycles. The summed E-state index contributed by atoms with van der Waals surface area (Å²) in [6, 6.07) is 4.07. The SMILES string of the molecule is Cc1nc2c(cc(-c3nc(N4CCC(N5CCN(C)CC5)CC4)ns3)n2C)c(-c2cc(F)c3c(c2C)CCCO3)c1[C@H](OC(C)(C)C)C(=O)O. The number of rotatable bonds is 7. The summed E-state index contributed by atoms with van der Waals surface area (Å²) in [4.78, 5) is 30.2. The van der Waals surface area contributed by atoms with Crippen molar-refractivity contribution in [1.82, 2.24) is 28.7 Å². The van der Waals surface area contributed by atoms with Gasteiger partial charge in [-0.2, -0.15) is 9.36 Å². The number of aromatic nitrogens is 4. The number of anilines is 1. The predicted molar refractivity (Wildman–Crippen MR) is 194 cm³/mol. The third-order valence-electron chi connectivity index (χ3n) is 10.5. The maximum absolute atomic E-state index is 15.8. The minimum Gasteiger partial charge on any atom is -0.490 e. The number of benzene rings is 1. The molecule has 0 bridgehead atoms. The first-order chi connectivity index (χ1) is 23.8. The van der Waals surface area contributed by atoms with Crippen LogP contribution in [0.15, 0.2) is 12.1 Å². The number of aryl methyl sites for hydroxylation is 2. The number of carbonyl (C=O) groups is 1. The van der Waals surface area contributed by atoms with E-state index < -0.39 is 23.5 Å². The summed E-state index contributed by atoms with van der Waals surface area (Å²) in [5.74, 6) is -0.580. The van der Waals surface area contributed by atoms with Gasteiger partial charge in [0.2, 0.25) is 5.95 Å². The van der Waals surface area contributed by atoms with Crippen LogP contribution in [0.2, 0.25) is 0 Å². The van der Waals surface area contributed by atoms with Gasteiger partial charge in [-0.1, -0.05) is 0 Å². The predicted octanol–water partition coefficient (Wildman–Crippen LogP) is 6.00. The Hall–Kier alpha value is -3.65. The number of pyridine rings is 1. The van der Waals surface area contributed by atoms with E-state index in [1.807, 2.05) is 45.4 Å². The molecule has 4 aromatic rings. The molecule has 0 aliphatic carbocycles. The molecule has 2 fully saturated rings. The molecule has 268 valence electrons. The fourth-order valence-electron chi connectivity index (χ4n) is 7.84. The number of likely N-dealkylation sites (N-methyl/N-ethyl adjacent to an activating group) is 1. The molecule has 3 aliphatic rings. The summed E-state index contributed by atoms with van der Waals surface area (Å²) >= 11 is 1.35. The number of piperazine rings is 1. The molecule has 0 radical (unpaired) electrons. The Morgan fingerprint density at radius 3 is 2.48 bits per heavy atom. The molecule has 1 atom stereocenters. The number of carboxylic acid groups (broad SMARTS) is 1. The summed E-state index contributed by atoms with van der Waals surface area (Å²) in [6.45, 7) is 16.0. The lowest BCUT2D eigenvalue weighted by molar-refractivity contribution is -0.160. The number of carboxylic acids is 1. The van der Waals surface area contributed by atoms with Crippen molar-refractivity contribution in [3.63, 3.8) is 0 Å². The van der Waals surface area contributed by atoms with Crippen molar-refractivity contribution in [3.8, 4) is 27.6 Å². The highest BCUT2D eigenvalue weighted by Gasteiger charge is 2.35. The Labute approximate surface area is 297 Å². The maximum Gasteiger partial charge on any atom is 0.337 e. The van der Waals surface area contributed by atoms with E-state index in [0.29, 0.717) is 52.5 Å². The average Bonchev–Trinajstić information content (AvgIpc) is 3.70. The van der Waals surface area contributed by atoms with Gasteiger partial charge in [-0.15, -0.1) is 0 Å². The van der Waals surface area contributed by atoms with Gasteiger partial charge in [0.05, 0.1) is 17.9 Å². The highest BCUT2D eigenvalue weighted by Crippen LogP contribution is 2.46. The van der Waals surface area contributed by atoms with Gasteiger partial charge in [0, 0.05) is 80.1 Å². The molecule has 2 saturated heterocycles. The van der Waals surface area contributed by atoms with E-state index in [1.165, 1.54) is 17.6 Å². The van der Waals surface area contributed by atoms with Crippen molar-refractivity contribution in [2.45, 2.75) is 78.0 Å². The molecule has 50 heavy (non-hydrogen) atoms. The zero-order valence-electron chi connectivity index (χ0n) is 30.2. The molecule has 13 heteroatoms. The van der Waals surface area contributed by atoms with E-state index in [-0.39, 0.29) is 5.75 Å². The van der Waals surface area contributed by atoms with Crippen molar-refractivity contribution < 1.29 is 23.8 Å². The van der Waals surface area contributed by atoms with Gasteiger partial charge >= 0.3 is 5.97 Å². The number of hydrogen-bond acceptors (Lipinski definition) is 10. The van der Waals surface area contributed by atoms with E-state index in [0.717, 1.165) is 86.3 Å². The molecular formula is C37H48FN7O4S. The fraction of sp³-hybridized carbons (Fsp3) is 0.568. The van der Waals surface area contributed by atoms with Crippen LogP contribution in [-0.2, 0) is 23.0 Å². The lowest BCUT2D eigenvalue weighted by atomic mass is 9.86. The molecular weight excluding hydrogens is 658 g/mol. The summed E-state index contributed by atoms with van der Waals surface area (Å²) < 4.78 is 34.6. The van der Waals surface area contributed by atoms with Crippen LogP contribution < -0.4 is 9.64 Å². The van der Waals surface area contributed by atoms with Crippen LogP contribution in [0.25, 0.3) is 32.9 Å². The van der Waals surface area contributed by atoms with Gasteiger partial charge in [0.25, 0.3) is 0 Å². The maximum atomic E-state index is 15.8. The minimum atomic E-state index is -1.33. The second-order valence-corrected chi connectivity index (χ2v) is 15.8. The Morgan fingerprint density at radius 2 is 1.80 bits per heavy atom. The molecule has 6 heterocycles. The lowest BCUT2D eigenvalue weighted by Gasteiger charge is -2.41. The molecule has 0 amide bonds. The normalized spacial score (nSPS) is 18.8. The number of ether oxygens (including phenoxy) is 2. The van der Waals surface area contributed by atoms with Crippen LogP contribution in [0.3, 0.4) is 0 Å². The Balaban J connectivity index is 1.30. The second kappa shape index (κ2) is 13.5. The number of piperidine rings is 1. The van der Waals surface area contributed by atoms with Crippen LogP contribution in [-0.4, -0.2) is 104 Å². The van der Waals surface area contributed by atoms with Crippen molar-refractivity contribution in [1.29, 1.82) is 0 Å². The van der Waals surface area contributed by atoms with Crippen LogP contribution in [0.1, 0.15) is 68.5 Å². The smallest absolute Gasteiger partial charge is 0.337 e. The van der Waals surface area contributed by atoms with Gasteiger partial charge in [-0.25, -0.2) is 14.2 Å². The van der Waals surface area contributed by atoms with Crippen molar-refractivity contribution in [3.05, 3.63) is 40.3 Å². The van der Waals surface area contributed by atoms with Gasteiger partial charge in [0.15, 0.2) is 22.7 Å². The molecule has 11 nitrogen and oxygen atoms in total. The standard InChI is InChI=1S/C37H48FN7O4S/c1-21-24-9-8-18-48-31(24)27(38)19-25(21)30-26-20-28(43(7)33(26)39-22(2)29(30)32(35(46)47)49-37(3,4)5)34-40-36(41-50-34)45-12-10-23(11-13-45)44-16-14-42(6)15-17-44/h19-20,23,32H,8-18H2,1-7H3,(H,46,47)/t32-/m0/s1. The Bertz CT molecular complexity index is 1920. The molecule has 0 spiro atoms. The van der Waals surface area contributed by atoms with Crippen LogP contribution in [0.5, 0.6) is 5.75 Å². The largest absolute Gasteiger partial charge is 0.490 e. The number of aliphatic carboxylic acids is 1. The first kappa shape index (κ1) is 34.8. The molecule has 7 rings (SSSR count). The first-order valence-corrected chi connectivity index (χ1v) is 18.5. The number of hydrogen-bond donors (Lipinski definition) is 1. The molecule has 0 unspecified atom stereocenters. The van der Waals surface area contributed by atoms with Gasteiger partial charge in [0.1, 0.15) is 5.65 Å². The van der Waals surface area contributed by atoms with E-state index in [1.54, 1.807) is 6.92 Å². The third-order valence-corrected chi connectivity index (χ3v) is 11.2. The second-order valence-electron chi connectivity index (χ2n) is 15.0. The lowest BCUT2D eigenvalue weighted by Crippen LogP contribution is -2.52. The quantitative estimate of drug-likeness (QED) is 0.246. The Morgan fingerprint density at radius 1 is 1.08 bits per heavy atom. The first-order valence-electron chi connectivity index (χ1n) is 17.7. The van der Waals surface area contributed by atoms with E-state index in [4.69, 9.17) is 23.8 Å². The van der Waals surface area contributed by atoms with Crippen LogP contribution in [0, 0.1) is 19.7 Å². The Kier molecular flexibility index (Phi) is 9.38. The van der Waals surface area contributed by atoms with Crippen molar-refractivity contribution in [2.24, 2.45) is 7.05 Å². The highest BCUT2D eigenvalue weighted by atomic mass is 32.1. The zero-order chi connectivity index (χ0) is 35.5. The summed E-state index contributed by atoms with van der Waals surface area (Å²) in [7, 11) is 4.13. The number of halogens is 1. The summed E-state index contributed by atoms with van der Waals surface area (Å²) in [5.41, 5.74) is 4.49. The van der Waals surface area contributed by atoms with Crippen LogP contribution in [0.4, 0.5) is 10.3 Å². The number of nitrogens with zero attached hydrogens (tertiary/aromatic N) is 7. The monoisotopic (exact) mass is 705 g/mol.